The molecule has 2 rings (SSSR count). The van der Waals surface area contributed by atoms with Gasteiger partial charge >= 0.3 is 10.1 Å². The van der Waals surface area contributed by atoms with Gasteiger partial charge in [0.1, 0.15) is 0 Å². The second kappa shape index (κ2) is 4.66. The molecule has 0 amide bonds. The lowest BCUT2D eigenvalue weighted by atomic mass is 10.3. The normalized spacial score (nSPS) is 11.9. The summed E-state index contributed by atoms with van der Waals surface area (Å²) >= 11 is 3.33. The number of halogens is 1. The average molecular weight is 319 g/mol. The summed E-state index contributed by atoms with van der Waals surface area (Å²) in [6.45, 7) is 1.78. The maximum absolute atomic E-state index is 11.5. The van der Waals surface area contributed by atoms with Gasteiger partial charge in [0.2, 0.25) is 0 Å². The summed E-state index contributed by atoms with van der Waals surface area (Å²) in [6.07, 6.45) is 2.04. The molecule has 1 aromatic carbocycles. The molecule has 0 saturated heterocycles. The molecule has 0 radical (unpaired) electrons. The van der Waals surface area contributed by atoms with Gasteiger partial charge in [-0.05, 0) is 24.6 Å². The van der Waals surface area contributed by atoms with Crippen molar-refractivity contribution in [1.29, 1.82) is 0 Å². The number of hydrogen-bond acceptors (Lipinski definition) is 4. The topological polar surface area (TPSA) is 61.2 Å². The van der Waals surface area contributed by atoms with Gasteiger partial charge in [-0.2, -0.15) is 8.42 Å². The van der Waals surface area contributed by atoms with E-state index in [1.165, 1.54) is 6.20 Å². The lowest BCUT2D eigenvalue weighted by Crippen LogP contribution is -2.22. The monoisotopic (exact) mass is 318 g/mol. The third-order valence-corrected chi connectivity index (χ3v) is 3.87. The zero-order valence-electron chi connectivity index (χ0n) is 9.13. The second-order valence-corrected chi connectivity index (χ2v) is 6.16. The number of nitrogens with zero attached hydrogens (tertiary/aromatic N) is 2. The zero-order valence-corrected chi connectivity index (χ0v) is 11.5. The molecule has 0 atom stereocenters. The Balaban J connectivity index is 2.31. The van der Waals surface area contributed by atoms with Crippen molar-refractivity contribution in [2.45, 2.75) is 13.3 Å². The van der Waals surface area contributed by atoms with E-state index in [1.807, 2.05) is 12.1 Å². The number of benzene rings is 1. The van der Waals surface area contributed by atoms with E-state index in [4.69, 9.17) is 4.28 Å². The summed E-state index contributed by atoms with van der Waals surface area (Å²) < 4.78 is 28.6. The van der Waals surface area contributed by atoms with Gasteiger partial charge in [0.05, 0.1) is 17.5 Å². The molecule has 92 valence electrons. The minimum Gasteiger partial charge on any atom is -0.270 e. The van der Waals surface area contributed by atoms with Crippen LogP contribution in [-0.4, -0.2) is 24.1 Å². The van der Waals surface area contributed by atoms with Gasteiger partial charge in [-0.15, -0.1) is 5.10 Å². The molecule has 0 unspecified atom stereocenters. The lowest BCUT2D eigenvalue weighted by molar-refractivity contribution is 0.242. The Labute approximate surface area is 108 Å². The standard InChI is InChI=1S/C10H11BrN2O3S/c1-2-5-17(14,15)16-13-7-8-6-9(11)3-4-10(8)12-13/h3-4,6-7H,2,5H2,1H3. The predicted octanol–water partition coefficient (Wildman–Crippen LogP) is 1.97. The van der Waals surface area contributed by atoms with E-state index in [0.29, 0.717) is 11.9 Å². The van der Waals surface area contributed by atoms with Gasteiger partial charge in [-0.1, -0.05) is 27.7 Å². The van der Waals surface area contributed by atoms with Crippen LogP contribution in [0.1, 0.15) is 13.3 Å². The van der Waals surface area contributed by atoms with Gasteiger partial charge in [0.15, 0.2) is 0 Å². The second-order valence-electron chi connectivity index (χ2n) is 3.57. The van der Waals surface area contributed by atoms with Crippen molar-refractivity contribution in [2.75, 3.05) is 5.75 Å². The number of fused-ring (bicyclic) bond motifs is 1. The van der Waals surface area contributed by atoms with Crippen molar-refractivity contribution in [3.8, 4) is 0 Å². The molecule has 2 aromatic rings. The van der Waals surface area contributed by atoms with Gasteiger partial charge in [0.25, 0.3) is 0 Å². The summed E-state index contributed by atoms with van der Waals surface area (Å²) in [5, 5.41) is 4.83. The van der Waals surface area contributed by atoms with Crippen LogP contribution in [0.3, 0.4) is 0 Å². The predicted molar refractivity (Wildman–Crippen MR) is 68.1 cm³/mol. The zero-order chi connectivity index (χ0) is 12.5. The van der Waals surface area contributed by atoms with Gasteiger partial charge < -0.3 is 0 Å². The number of hydrogen-bond donors (Lipinski definition) is 0. The third kappa shape index (κ3) is 2.98. The highest BCUT2D eigenvalue weighted by molar-refractivity contribution is 9.10. The maximum Gasteiger partial charge on any atom is 0.328 e. The van der Waals surface area contributed by atoms with Crippen LogP contribution in [0, 0.1) is 0 Å². The first kappa shape index (κ1) is 12.4. The average Bonchev–Trinajstić information content (AvgIpc) is 2.57. The molecule has 0 aliphatic carbocycles. The van der Waals surface area contributed by atoms with Crippen LogP contribution in [0.15, 0.2) is 28.9 Å². The highest BCUT2D eigenvalue weighted by atomic mass is 79.9. The molecule has 1 aromatic heterocycles. The van der Waals surface area contributed by atoms with Crippen molar-refractivity contribution in [3.63, 3.8) is 0 Å². The smallest absolute Gasteiger partial charge is 0.270 e. The molecular weight excluding hydrogens is 308 g/mol. The molecule has 1 heterocycles. The Morgan fingerprint density at radius 3 is 2.94 bits per heavy atom. The third-order valence-electron chi connectivity index (χ3n) is 2.09. The first-order valence-electron chi connectivity index (χ1n) is 5.08. The fourth-order valence-electron chi connectivity index (χ4n) is 1.42. The lowest BCUT2D eigenvalue weighted by Gasteiger charge is -2.02. The Hall–Kier alpha value is -1.08. The van der Waals surface area contributed by atoms with Gasteiger partial charge in [0, 0.05) is 9.86 Å². The molecule has 0 aliphatic rings. The van der Waals surface area contributed by atoms with E-state index in [9.17, 15) is 8.42 Å². The van der Waals surface area contributed by atoms with Crippen molar-refractivity contribution in [3.05, 3.63) is 28.9 Å². The maximum atomic E-state index is 11.5. The summed E-state index contributed by atoms with van der Waals surface area (Å²) in [6, 6.07) is 5.46. The van der Waals surface area contributed by atoms with E-state index in [2.05, 4.69) is 21.0 Å². The number of aromatic nitrogens is 2. The first-order valence-corrected chi connectivity index (χ1v) is 7.45. The van der Waals surface area contributed by atoms with Crippen molar-refractivity contribution >= 4 is 37.0 Å². The fourth-order valence-corrected chi connectivity index (χ4v) is 2.68. The van der Waals surface area contributed by atoms with Crippen LogP contribution < -0.4 is 4.28 Å². The molecule has 0 saturated carbocycles. The van der Waals surface area contributed by atoms with Crippen molar-refractivity contribution in [1.82, 2.24) is 9.94 Å². The van der Waals surface area contributed by atoms with Crippen LogP contribution >= 0.6 is 15.9 Å². The Bertz CT molecular complexity index is 636. The Morgan fingerprint density at radius 2 is 2.24 bits per heavy atom. The van der Waals surface area contributed by atoms with Gasteiger partial charge in [-0.25, -0.2) is 0 Å². The van der Waals surface area contributed by atoms with Crippen LogP contribution in [0.5, 0.6) is 0 Å². The quantitative estimate of drug-likeness (QED) is 0.864. The SMILES string of the molecule is CCCS(=O)(=O)On1cc2cc(Br)ccc2n1. The molecular formula is C10H11BrN2O3S. The first-order chi connectivity index (χ1) is 8.00. The van der Waals surface area contributed by atoms with Gasteiger partial charge in [-0.3, -0.25) is 4.28 Å². The fraction of sp³-hybridized carbons (Fsp3) is 0.300. The van der Waals surface area contributed by atoms with E-state index in [-0.39, 0.29) is 5.75 Å². The summed E-state index contributed by atoms with van der Waals surface area (Å²) in [7, 11) is -3.55. The molecule has 17 heavy (non-hydrogen) atoms. The van der Waals surface area contributed by atoms with Crippen molar-refractivity contribution in [2.24, 2.45) is 0 Å². The molecule has 7 heteroatoms. The van der Waals surface area contributed by atoms with Crippen LogP contribution in [-0.2, 0) is 10.1 Å². The molecule has 0 fully saturated rings. The van der Waals surface area contributed by atoms with E-state index in [1.54, 1.807) is 13.0 Å². The Kier molecular flexibility index (Phi) is 3.39. The molecule has 5 nitrogen and oxygen atoms in total. The highest BCUT2D eigenvalue weighted by Crippen LogP contribution is 2.18. The summed E-state index contributed by atoms with van der Waals surface area (Å²) in [5.41, 5.74) is 0.680. The molecule has 0 spiro atoms. The van der Waals surface area contributed by atoms with Crippen molar-refractivity contribution < 1.29 is 12.7 Å². The minimum absolute atomic E-state index is 0.0209. The molecule has 0 bridgehead atoms. The number of rotatable bonds is 4. The minimum atomic E-state index is -3.55. The van der Waals surface area contributed by atoms with Crippen LogP contribution in [0.2, 0.25) is 0 Å². The highest BCUT2D eigenvalue weighted by Gasteiger charge is 2.12. The Morgan fingerprint density at radius 1 is 1.47 bits per heavy atom. The summed E-state index contributed by atoms with van der Waals surface area (Å²) in [4.78, 5) is 0.988. The summed E-state index contributed by atoms with van der Waals surface area (Å²) in [5.74, 6) is -0.0209. The van der Waals surface area contributed by atoms with E-state index >= 15 is 0 Å². The molecule has 0 N–H and O–H groups in total. The van der Waals surface area contributed by atoms with Crippen LogP contribution in [0.4, 0.5) is 0 Å². The van der Waals surface area contributed by atoms with Crippen LogP contribution in [0.25, 0.3) is 10.9 Å². The van der Waals surface area contributed by atoms with E-state index in [0.717, 1.165) is 14.7 Å². The largest absolute Gasteiger partial charge is 0.328 e. The van der Waals surface area contributed by atoms with E-state index < -0.39 is 10.1 Å². The molecule has 0 aliphatic heterocycles.